The van der Waals surface area contributed by atoms with E-state index in [1.807, 2.05) is 19.1 Å². The fourth-order valence-electron chi connectivity index (χ4n) is 4.19. The minimum Gasteiger partial charge on any atom is -0.405 e. The van der Waals surface area contributed by atoms with Gasteiger partial charge in [0, 0.05) is 18.2 Å². The topological polar surface area (TPSA) is 69.2 Å². The highest BCUT2D eigenvalue weighted by molar-refractivity contribution is 5.68. The smallest absolute Gasteiger partial charge is 0.405 e. The van der Waals surface area contributed by atoms with Crippen LogP contribution in [-0.2, 0) is 0 Å². The third-order valence-corrected chi connectivity index (χ3v) is 5.57. The highest BCUT2D eigenvalue weighted by Gasteiger charge is 2.34. The number of benzene rings is 2. The van der Waals surface area contributed by atoms with Crippen LogP contribution in [0.15, 0.2) is 65.4 Å². The zero-order valence-electron chi connectivity index (χ0n) is 17.7. The molecule has 10 heteroatoms. The van der Waals surface area contributed by atoms with Crippen molar-refractivity contribution in [3.63, 3.8) is 0 Å². The molecule has 0 unspecified atom stereocenters. The summed E-state index contributed by atoms with van der Waals surface area (Å²) in [4.78, 5) is 3.77. The number of ether oxygens (including phenoxy) is 1. The van der Waals surface area contributed by atoms with Gasteiger partial charge in [0.15, 0.2) is 5.76 Å². The van der Waals surface area contributed by atoms with Gasteiger partial charge in [0.2, 0.25) is 0 Å². The first-order valence-corrected chi connectivity index (χ1v) is 10.4. The van der Waals surface area contributed by atoms with Crippen molar-refractivity contribution in [1.29, 1.82) is 0 Å². The van der Waals surface area contributed by atoms with Crippen molar-refractivity contribution in [3.8, 4) is 22.7 Å². The molecule has 170 valence electrons. The van der Waals surface area contributed by atoms with Gasteiger partial charge in [0.25, 0.3) is 0 Å². The Kier molecular flexibility index (Phi) is 5.27. The van der Waals surface area contributed by atoms with Crippen molar-refractivity contribution in [1.82, 2.24) is 20.2 Å². The van der Waals surface area contributed by atoms with E-state index in [4.69, 9.17) is 4.52 Å². The predicted molar refractivity (Wildman–Crippen MR) is 114 cm³/mol. The molecular formula is C23H20F3N5O2. The Morgan fingerprint density at radius 2 is 1.82 bits per heavy atom. The number of anilines is 1. The maximum absolute atomic E-state index is 12.8. The molecule has 0 radical (unpaired) electrons. The number of para-hydroxylation sites is 1. The second kappa shape index (κ2) is 8.27. The number of aryl methyl sites for hydroxylation is 1. The maximum Gasteiger partial charge on any atom is 0.573 e. The number of nitrogens with zero attached hydrogens (tertiary/aromatic N) is 5. The second-order valence-electron chi connectivity index (χ2n) is 7.82. The van der Waals surface area contributed by atoms with Crippen LogP contribution in [0, 0.1) is 6.92 Å². The Hall–Kier alpha value is -3.82. The van der Waals surface area contributed by atoms with Crippen molar-refractivity contribution < 1.29 is 22.4 Å². The van der Waals surface area contributed by atoms with Crippen LogP contribution in [0.5, 0.6) is 5.75 Å². The van der Waals surface area contributed by atoms with E-state index >= 15 is 0 Å². The van der Waals surface area contributed by atoms with Crippen molar-refractivity contribution in [2.75, 3.05) is 11.4 Å². The van der Waals surface area contributed by atoms with E-state index in [9.17, 15) is 13.2 Å². The van der Waals surface area contributed by atoms with E-state index in [2.05, 4.69) is 31.1 Å². The molecule has 0 N–H and O–H groups in total. The van der Waals surface area contributed by atoms with Crippen LogP contribution in [0.1, 0.15) is 30.2 Å². The Balaban J connectivity index is 1.49. The van der Waals surface area contributed by atoms with Gasteiger partial charge in [-0.15, -0.1) is 18.0 Å². The summed E-state index contributed by atoms with van der Waals surface area (Å²) in [5.74, 6) is 0.254. The fourth-order valence-corrected chi connectivity index (χ4v) is 4.19. The van der Waals surface area contributed by atoms with Crippen molar-refractivity contribution >= 4 is 5.69 Å². The van der Waals surface area contributed by atoms with E-state index < -0.39 is 6.36 Å². The molecule has 4 aromatic rings. The first-order chi connectivity index (χ1) is 15.9. The summed E-state index contributed by atoms with van der Waals surface area (Å²) in [5.41, 5.74) is 3.37. The first-order valence-electron chi connectivity index (χ1n) is 10.4. The summed E-state index contributed by atoms with van der Waals surface area (Å²) in [6.45, 7) is 2.80. The van der Waals surface area contributed by atoms with E-state index in [0.29, 0.717) is 5.76 Å². The third-order valence-electron chi connectivity index (χ3n) is 5.57. The maximum atomic E-state index is 12.8. The van der Waals surface area contributed by atoms with Gasteiger partial charge in [0.05, 0.1) is 24.1 Å². The summed E-state index contributed by atoms with van der Waals surface area (Å²) in [7, 11) is 0. The zero-order valence-corrected chi connectivity index (χ0v) is 17.7. The van der Waals surface area contributed by atoms with Crippen LogP contribution in [-0.4, -0.2) is 33.1 Å². The molecule has 0 spiro atoms. The monoisotopic (exact) mass is 455 g/mol. The fraction of sp³-hybridized carbons (Fsp3) is 0.261. The quantitative estimate of drug-likeness (QED) is 0.398. The molecule has 0 saturated carbocycles. The van der Waals surface area contributed by atoms with Crippen molar-refractivity contribution in [2.45, 2.75) is 32.2 Å². The second-order valence-corrected chi connectivity index (χ2v) is 7.82. The lowest BCUT2D eigenvalue weighted by atomic mass is 10.1. The minimum absolute atomic E-state index is 0.127. The largest absolute Gasteiger partial charge is 0.573 e. The third kappa shape index (κ3) is 4.28. The number of hydrogen-bond donors (Lipinski definition) is 0. The van der Waals surface area contributed by atoms with E-state index in [0.717, 1.165) is 36.3 Å². The van der Waals surface area contributed by atoms with Gasteiger partial charge < -0.3 is 14.2 Å². The predicted octanol–water partition coefficient (Wildman–Crippen LogP) is 5.47. The molecule has 1 saturated heterocycles. The number of rotatable bonds is 5. The van der Waals surface area contributed by atoms with Gasteiger partial charge >= 0.3 is 6.36 Å². The summed E-state index contributed by atoms with van der Waals surface area (Å²) in [5, 5.41) is 12.6. The highest BCUT2D eigenvalue weighted by atomic mass is 19.4. The Bertz CT molecular complexity index is 1250. The van der Waals surface area contributed by atoms with Gasteiger partial charge in [-0.1, -0.05) is 23.4 Å². The number of hydrogen-bond acceptors (Lipinski definition) is 6. The standard InChI is InChI=1S/C23H20F3N5O2/c1-15-8-9-18(31-27-10-11-28-31)20(13-15)30-12-4-6-19(30)22-14-17(29-33-22)16-5-2-3-7-21(16)32-23(24,25)26/h2-3,5,7-11,13-14,19H,4,6,12H2,1H3/t19-/m0/s1. The molecule has 1 fully saturated rings. The SMILES string of the molecule is Cc1ccc(-n2nccn2)c(N2CCC[C@H]2c2cc(-c3ccccc3OC(F)(F)F)no2)c1. The molecule has 5 rings (SSSR count). The lowest BCUT2D eigenvalue weighted by Gasteiger charge is -2.27. The lowest BCUT2D eigenvalue weighted by molar-refractivity contribution is -0.274. The van der Waals surface area contributed by atoms with Crippen LogP contribution >= 0.6 is 0 Å². The summed E-state index contributed by atoms with van der Waals surface area (Å²) >= 11 is 0. The highest BCUT2D eigenvalue weighted by Crippen LogP contribution is 2.41. The number of halogens is 3. The molecule has 2 aromatic carbocycles. The van der Waals surface area contributed by atoms with Crippen LogP contribution in [0.2, 0.25) is 0 Å². The molecule has 1 aliphatic heterocycles. The van der Waals surface area contributed by atoms with Crippen LogP contribution < -0.4 is 9.64 Å². The molecule has 33 heavy (non-hydrogen) atoms. The lowest BCUT2D eigenvalue weighted by Crippen LogP contribution is -2.24. The summed E-state index contributed by atoms with van der Waals surface area (Å²) in [6, 6.07) is 13.5. The molecular weight excluding hydrogens is 435 g/mol. The van der Waals surface area contributed by atoms with Crippen molar-refractivity contribution in [3.05, 3.63) is 72.2 Å². The summed E-state index contributed by atoms with van der Waals surface area (Å²) in [6.07, 6.45) is 0.180. The Morgan fingerprint density at radius 3 is 2.61 bits per heavy atom. The Morgan fingerprint density at radius 1 is 1.03 bits per heavy atom. The molecule has 3 heterocycles. The molecule has 0 bridgehead atoms. The van der Waals surface area contributed by atoms with Gasteiger partial charge in [-0.2, -0.15) is 10.2 Å². The molecule has 7 nitrogen and oxygen atoms in total. The van der Waals surface area contributed by atoms with E-state index in [1.165, 1.54) is 18.2 Å². The first kappa shape index (κ1) is 21.0. The summed E-state index contributed by atoms with van der Waals surface area (Å²) < 4.78 is 48.3. The molecule has 1 atom stereocenters. The van der Waals surface area contributed by atoms with E-state index in [1.54, 1.807) is 29.3 Å². The minimum atomic E-state index is -4.80. The average Bonchev–Trinajstić information content (AvgIpc) is 3.53. The van der Waals surface area contributed by atoms with Gasteiger partial charge in [-0.3, -0.25) is 0 Å². The molecule has 0 amide bonds. The normalized spacial score (nSPS) is 16.4. The van der Waals surface area contributed by atoms with Crippen LogP contribution in [0.25, 0.3) is 16.9 Å². The van der Waals surface area contributed by atoms with Crippen LogP contribution in [0.4, 0.5) is 18.9 Å². The van der Waals surface area contributed by atoms with E-state index in [-0.39, 0.29) is 23.0 Å². The average molecular weight is 455 g/mol. The van der Waals surface area contributed by atoms with Crippen LogP contribution in [0.3, 0.4) is 0 Å². The number of aromatic nitrogens is 4. The zero-order chi connectivity index (χ0) is 23.0. The molecule has 1 aliphatic rings. The molecule has 0 aliphatic carbocycles. The van der Waals surface area contributed by atoms with Gasteiger partial charge in [0.1, 0.15) is 17.1 Å². The van der Waals surface area contributed by atoms with Crippen molar-refractivity contribution in [2.24, 2.45) is 0 Å². The van der Waals surface area contributed by atoms with Gasteiger partial charge in [-0.25, -0.2) is 0 Å². The Labute approximate surface area is 187 Å². The van der Waals surface area contributed by atoms with Gasteiger partial charge in [-0.05, 0) is 49.6 Å². The number of alkyl halides is 3. The molecule has 2 aromatic heterocycles.